The summed E-state index contributed by atoms with van der Waals surface area (Å²) in [6, 6.07) is 13.4. The highest BCUT2D eigenvalue weighted by Gasteiger charge is 2.12. The van der Waals surface area contributed by atoms with E-state index >= 15 is 0 Å². The van der Waals surface area contributed by atoms with E-state index in [1.165, 1.54) is 32.4 Å². The monoisotopic (exact) mass is 481 g/mol. The second kappa shape index (κ2) is 16.3. The van der Waals surface area contributed by atoms with Crippen LogP contribution in [0.3, 0.4) is 0 Å². The summed E-state index contributed by atoms with van der Waals surface area (Å²) < 4.78 is 4.10. The van der Waals surface area contributed by atoms with Gasteiger partial charge < -0.3 is 9.47 Å². The molecule has 196 valence electrons. The first-order chi connectivity index (χ1) is 16.5. The Hall–Kier alpha value is -2.40. The molecule has 0 radical (unpaired) electrons. The summed E-state index contributed by atoms with van der Waals surface area (Å²) in [5.41, 5.74) is 1.29. The molecule has 1 aliphatic heterocycles. The normalized spacial score (nSPS) is 13.9. The minimum atomic E-state index is 0.128. The van der Waals surface area contributed by atoms with E-state index in [1.807, 2.05) is 53.5 Å². The number of likely N-dealkylation sites (tertiary alicyclic amines) is 1. The number of piperidine rings is 1. The lowest BCUT2D eigenvalue weighted by molar-refractivity contribution is 0.185. The Morgan fingerprint density at radius 2 is 1.34 bits per heavy atom. The number of hydrogen-bond donors (Lipinski definition) is 0. The molecule has 0 spiro atoms. The molecule has 5 nitrogen and oxygen atoms in total. The summed E-state index contributed by atoms with van der Waals surface area (Å²) in [6.45, 7) is 22.2. The molecule has 3 aromatic heterocycles. The average molecular weight is 482 g/mol. The third kappa shape index (κ3) is 13.3. The van der Waals surface area contributed by atoms with Crippen LogP contribution < -0.4 is 0 Å². The zero-order valence-electron chi connectivity index (χ0n) is 23.9. The topological polar surface area (TPSA) is 38.9 Å². The molecule has 3 aromatic rings. The standard InChI is InChI=1S/C8H17N.C8H11N.C7H12N2.C7H11N/c1-8(2)9-6-4-3-5-7-9;1-7(2)8-5-3-4-6-9-8;1-7(2,3)9-6-4-5-8-9;1-7(2)8-5-3-4-6-8/h8H,3-7H2,1-2H3;3-7H,1-2H3;4-6H,1-3H3;3-7H,1-2H3. The second-order valence-corrected chi connectivity index (χ2v) is 10.9. The van der Waals surface area contributed by atoms with E-state index in [4.69, 9.17) is 0 Å². The van der Waals surface area contributed by atoms with Crippen LogP contribution in [0, 0.1) is 0 Å². The average Bonchev–Trinajstić information content (AvgIpc) is 3.56. The van der Waals surface area contributed by atoms with Crippen LogP contribution in [0.4, 0.5) is 0 Å². The molecule has 0 bridgehead atoms. The predicted molar refractivity (Wildman–Crippen MR) is 151 cm³/mol. The zero-order chi connectivity index (χ0) is 26.3. The summed E-state index contributed by atoms with van der Waals surface area (Å²) in [5, 5.41) is 4.10. The summed E-state index contributed by atoms with van der Waals surface area (Å²) in [7, 11) is 0. The Bertz CT molecular complexity index is 838. The quantitative estimate of drug-likeness (QED) is 0.383. The van der Waals surface area contributed by atoms with Gasteiger partial charge in [0.2, 0.25) is 0 Å². The maximum atomic E-state index is 4.18. The maximum absolute atomic E-state index is 4.18. The van der Waals surface area contributed by atoms with E-state index < -0.39 is 0 Å². The Labute approximate surface area is 215 Å². The second-order valence-electron chi connectivity index (χ2n) is 10.9. The number of hydrogen-bond acceptors (Lipinski definition) is 3. The van der Waals surface area contributed by atoms with Crippen molar-refractivity contribution in [3.05, 3.63) is 73.1 Å². The Morgan fingerprint density at radius 3 is 1.63 bits per heavy atom. The highest BCUT2D eigenvalue weighted by atomic mass is 15.3. The van der Waals surface area contributed by atoms with Crippen molar-refractivity contribution in [2.45, 2.75) is 105 Å². The molecule has 4 rings (SSSR count). The minimum absolute atomic E-state index is 0.128. The van der Waals surface area contributed by atoms with Crippen LogP contribution in [0.25, 0.3) is 0 Å². The van der Waals surface area contributed by atoms with Gasteiger partial charge in [-0.3, -0.25) is 9.67 Å². The maximum Gasteiger partial charge on any atom is 0.0543 e. The van der Waals surface area contributed by atoms with Crippen LogP contribution in [-0.4, -0.2) is 43.4 Å². The lowest BCUT2D eigenvalue weighted by Crippen LogP contribution is -2.35. The predicted octanol–water partition coefficient (Wildman–Crippen LogP) is 7.79. The van der Waals surface area contributed by atoms with Gasteiger partial charge in [0, 0.05) is 48.8 Å². The van der Waals surface area contributed by atoms with Gasteiger partial charge in [0.1, 0.15) is 0 Å². The molecular formula is C30H51N5. The highest BCUT2D eigenvalue weighted by Crippen LogP contribution is 2.11. The van der Waals surface area contributed by atoms with E-state index in [0.29, 0.717) is 12.0 Å². The molecule has 1 fully saturated rings. The van der Waals surface area contributed by atoms with Crippen LogP contribution in [0.5, 0.6) is 0 Å². The first kappa shape index (κ1) is 30.6. The van der Waals surface area contributed by atoms with Gasteiger partial charge in [-0.25, -0.2) is 0 Å². The number of pyridine rings is 1. The van der Waals surface area contributed by atoms with Crippen molar-refractivity contribution in [3.63, 3.8) is 0 Å². The molecule has 1 aliphatic rings. The van der Waals surface area contributed by atoms with Crippen molar-refractivity contribution in [1.82, 2.24) is 24.2 Å². The lowest BCUT2D eigenvalue weighted by Gasteiger charge is -2.29. The SMILES string of the molecule is CC(C)(C)n1cccn1.CC(C)N1CCCCC1.CC(C)c1ccccn1.CC(C)n1cccc1. The van der Waals surface area contributed by atoms with Crippen molar-refractivity contribution in [3.8, 4) is 0 Å². The van der Waals surface area contributed by atoms with Gasteiger partial charge in [-0.1, -0.05) is 26.3 Å². The zero-order valence-corrected chi connectivity index (χ0v) is 23.9. The molecule has 0 aliphatic carbocycles. The molecule has 0 N–H and O–H groups in total. The van der Waals surface area contributed by atoms with Crippen molar-refractivity contribution in [2.24, 2.45) is 0 Å². The molecule has 0 unspecified atom stereocenters. The Morgan fingerprint density at radius 1 is 0.714 bits per heavy atom. The highest BCUT2D eigenvalue weighted by molar-refractivity contribution is 5.06. The fraction of sp³-hybridized carbons (Fsp3) is 0.600. The van der Waals surface area contributed by atoms with E-state index in [0.717, 1.165) is 11.7 Å². The molecule has 1 saturated heterocycles. The molecule has 5 heteroatoms. The van der Waals surface area contributed by atoms with Gasteiger partial charge in [-0.2, -0.15) is 5.10 Å². The van der Waals surface area contributed by atoms with Gasteiger partial charge in [-0.05, 0) is 111 Å². The fourth-order valence-electron chi connectivity index (χ4n) is 3.51. The van der Waals surface area contributed by atoms with Gasteiger partial charge in [-0.15, -0.1) is 0 Å². The van der Waals surface area contributed by atoms with Gasteiger partial charge in [0.25, 0.3) is 0 Å². The van der Waals surface area contributed by atoms with Gasteiger partial charge >= 0.3 is 0 Å². The molecule has 35 heavy (non-hydrogen) atoms. The van der Waals surface area contributed by atoms with E-state index in [-0.39, 0.29) is 5.54 Å². The van der Waals surface area contributed by atoms with E-state index in [2.05, 4.69) is 94.3 Å². The van der Waals surface area contributed by atoms with Crippen molar-refractivity contribution in [2.75, 3.05) is 13.1 Å². The van der Waals surface area contributed by atoms with Gasteiger partial charge in [0.15, 0.2) is 0 Å². The summed E-state index contributed by atoms with van der Waals surface area (Å²) >= 11 is 0. The van der Waals surface area contributed by atoms with Crippen LogP contribution in [0.1, 0.15) is 99.2 Å². The third-order valence-corrected chi connectivity index (χ3v) is 5.82. The molecule has 0 amide bonds. The summed E-state index contributed by atoms with van der Waals surface area (Å²) in [4.78, 5) is 6.74. The smallest absolute Gasteiger partial charge is 0.0543 e. The Balaban J connectivity index is 0.000000234. The molecule has 4 heterocycles. The number of rotatable bonds is 3. The fourth-order valence-corrected chi connectivity index (χ4v) is 3.51. The van der Waals surface area contributed by atoms with E-state index in [1.54, 1.807) is 6.20 Å². The first-order valence-electron chi connectivity index (χ1n) is 13.3. The van der Waals surface area contributed by atoms with Crippen LogP contribution in [-0.2, 0) is 5.54 Å². The molecule has 0 atom stereocenters. The van der Waals surface area contributed by atoms with E-state index in [9.17, 15) is 0 Å². The largest absolute Gasteiger partial charge is 0.352 e. The molecule has 0 saturated carbocycles. The molecular weight excluding hydrogens is 430 g/mol. The van der Waals surface area contributed by atoms with Gasteiger partial charge in [0.05, 0.1) is 5.54 Å². The van der Waals surface area contributed by atoms with Crippen molar-refractivity contribution >= 4 is 0 Å². The minimum Gasteiger partial charge on any atom is -0.352 e. The van der Waals surface area contributed by atoms with Crippen molar-refractivity contribution in [1.29, 1.82) is 0 Å². The molecule has 0 aromatic carbocycles. The lowest BCUT2D eigenvalue weighted by atomic mass is 10.1. The number of nitrogens with zero attached hydrogens (tertiary/aromatic N) is 5. The first-order valence-corrected chi connectivity index (χ1v) is 13.3. The van der Waals surface area contributed by atoms with Crippen LogP contribution >= 0.6 is 0 Å². The number of aromatic nitrogens is 4. The summed E-state index contributed by atoms with van der Waals surface area (Å²) in [5.74, 6) is 0.547. The third-order valence-electron chi connectivity index (χ3n) is 5.82. The van der Waals surface area contributed by atoms with Crippen LogP contribution in [0.2, 0.25) is 0 Å². The van der Waals surface area contributed by atoms with Crippen molar-refractivity contribution < 1.29 is 0 Å². The Kier molecular flexibility index (Phi) is 14.3. The van der Waals surface area contributed by atoms with Crippen LogP contribution in [0.15, 0.2) is 67.4 Å². The summed E-state index contributed by atoms with van der Waals surface area (Å²) in [6.07, 6.45) is 14.0.